The van der Waals surface area contributed by atoms with Crippen LogP contribution in [0.4, 0.5) is 0 Å². The highest BCUT2D eigenvalue weighted by Gasteiger charge is 2.22. The third kappa shape index (κ3) is 4.77. The summed E-state index contributed by atoms with van der Waals surface area (Å²) in [5.74, 6) is 2.42. The Balaban J connectivity index is 1.88. The lowest BCUT2D eigenvalue weighted by atomic mass is 10.1. The van der Waals surface area contributed by atoms with E-state index in [-0.39, 0.29) is 0 Å². The van der Waals surface area contributed by atoms with Crippen LogP contribution >= 0.6 is 0 Å². The molecule has 0 bridgehead atoms. The van der Waals surface area contributed by atoms with Gasteiger partial charge in [0.15, 0.2) is 0 Å². The molecule has 0 aromatic carbocycles. The molecular weight excluding hydrogens is 262 g/mol. The van der Waals surface area contributed by atoms with Crippen LogP contribution in [0.15, 0.2) is 29.7 Å². The van der Waals surface area contributed by atoms with E-state index in [0.29, 0.717) is 6.04 Å². The van der Waals surface area contributed by atoms with E-state index in [4.69, 9.17) is 5.73 Å². The standard InChI is InChI=1S/C16H29N5/c1-13(19-11-14-5-3-4-6-14)20-16(7-9-17)21-10-8-15(12-21)18-2/h7,9,14-15,18-19H,1,3-6,8,10-12,17H2,2H3/b9-7-,20-16+/t15-/m1/s1. The summed E-state index contributed by atoms with van der Waals surface area (Å²) in [6.07, 6.45) is 9.93. The van der Waals surface area contributed by atoms with Crippen LogP contribution in [0.1, 0.15) is 32.1 Å². The zero-order chi connectivity index (χ0) is 15.1. The first-order valence-electron chi connectivity index (χ1n) is 8.05. The SMILES string of the molecule is C=C(/N=C(\C=C/N)N1CC[C@@H](NC)C1)NCC1CCCC1. The van der Waals surface area contributed by atoms with Crippen molar-refractivity contribution in [1.29, 1.82) is 0 Å². The van der Waals surface area contributed by atoms with Gasteiger partial charge in [0.05, 0.1) is 0 Å². The number of nitrogens with one attached hydrogen (secondary N) is 2. The highest BCUT2D eigenvalue weighted by molar-refractivity contribution is 5.93. The smallest absolute Gasteiger partial charge is 0.132 e. The Morgan fingerprint density at radius 1 is 1.38 bits per heavy atom. The number of hydrogen-bond acceptors (Lipinski definition) is 4. The quantitative estimate of drug-likeness (QED) is 0.511. The van der Waals surface area contributed by atoms with Crippen molar-refractivity contribution in [2.24, 2.45) is 16.6 Å². The molecule has 0 unspecified atom stereocenters. The third-order valence-electron chi connectivity index (χ3n) is 4.48. The van der Waals surface area contributed by atoms with Gasteiger partial charge in [-0.3, -0.25) is 0 Å². The Hall–Kier alpha value is -1.49. The molecule has 1 heterocycles. The van der Waals surface area contributed by atoms with Gasteiger partial charge in [-0.05, 0) is 44.5 Å². The number of nitrogens with zero attached hydrogens (tertiary/aromatic N) is 2. The van der Waals surface area contributed by atoms with Gasteiger partial charge in [0.2, 0.25) is 0 Å². The van der Waals surface area contributed by atoms with E-state index in [1.54, 1.807) is 6.20 Å². The molecule has 2 aliphatic rings. The van der Waals surface area contributed by atoms with Crippen molar-refractivity contribution >= 4 is 5.84 Å². The van der Waals surface area contributed by atoms with Crippen LogP contribution in [-0.4, -0.2) is 43.5 Å². The first kappa shape index (κ1) is 15.9. The molecule has 5 heteroatoms. The fourth-order valence-electron chi connectivity index (χ4n) is 3.16. The second-order valence-corrected chi connectivity index (χ2v) is 6.03. The zero-order valence-electron chi connectivity index (χ0n) is 13.1. The van der Waals surface area contributed by atoms with Gasteiger partial charge < -0.3 is 21.3 Å². The molecule has 4 N–H and O–H groups in total. The molecule has 0 aromatic rings. The fraction of sp³-hybridized carbons (Fsp3) is 0.688. The second-order valence-electron chi connectivity index (χ2n) is 6.03. The van der Waals surface area contributed by atoms with Crippen molar-refractivity contribution < 1.29 is 0 Å². The van der Waals surface area contributed by atoms with Crippen molar-refractivity contribution in [3.8, 4) is 0 Å². The number of amidine groups is 1. The number of nitrogens with two attached hydrogens (primary N) is 1. The van der Waals surface area contributed by atoms with Crippen LogP contribution in [0.5, 0.6) is 0 Å². The maximum atomic E-state index is 5.56. The Morgan fingerprint density at radius 2 is 2.14 bits per heavy atom. The van der Waals surface area contributed by atoms with Crippen LogP contribution in [0, 0.1) is 5.92 Å². The second kappa shape index (κ2) is 8.08. The summed E-state index contributed by atoms with van der Waals surface area (Å²) in [5.41, 5.74) is 5.56. The van der Waals surface area contributed by atoms with Gasteiger partial charge in [0.25, 0.3) is 0 Å². The van der Waals surface area contributed by atoms with E-state index in [1.807, 2.05) is 13.1 Å². The first-order chi connectivity index (χ1) is 10.2. The van der Waals surface area contributed by atoms with Gasteiger partial charge in [-0.1, -0.05) is 19.4 Å². The normalized spacial score (nSPS) is 24.1. The minimum atomic E-state index is 0.529. The van der Waals surface area contributed by atoms with Crippen molar-refractivity contribution in [2.75, 3.05) is 26.7 Å². The predicted octanol–water partition coefficient (Wildman–Crippen LogP) is 1.40. The topological polar surface area (TPSA) is 65.7 Å². The summed E-state index contributed by atoms with van der Waals surface area (Å²) < 4.78 is 0. The summed E-state index contributed by atoms with van der Waals surface area (Å²) in [6.45, 7) is 6.99. The predicted molar refractivity (Wildman–Crippen MR) is 88.9 cm³/mol. The highest BCUT2D eigenvalue weighted by atomic mass is 15.2. The van der Waals surface area contributed by atoms with Crippen LogP contribution < -0.4 is 16.4 Å². The van der Waals surface area contributed by atoms with E-state index >= 15 is 0 Å². The van der Waals surface area contributed by atoms with E-state index in [1.165, 1.54) is 25.7 Å². The molecule has 2 fully saturated rings. The molecule has 0 radical (unpaired) electrons. The van der Waals surface area contributed by atoms with Crippen molar-refractivity contribution in [3.05, 3.63) is 24.7 Å². The molecule has 0 amide bonds. The molecular formula is C16H29N5. The molecule has 0 aromatic heterocycles. The minimum absolute atomic E-state index is 0.529. The Labute approximate surface area is 128 Å². The molecule has 5 nitrogen and oxygen atoms in total. The molecule has 0 spiro atoms. The van der Waals surface area contributed by atoms with Crippen LogP contribution in [0.25, 0.3) is 0 Å². The van der Waals surface area contributed by atoms with E-state index in [2.05, 4.69) is 27.1 Å². The van der Waals surface area contributed by atoms with Gasteiger partial charge >= 0.3 is 0 Å². The number of likely N-dealkylation sites (tertiary alicyclic amines) is 1. The van der Waals surface area contributed by atoms with Gasteiger partial charge in [0.1, 0.15) is 11.7 Å². The molecule has 1 saturated carbocycles. The summed E-state index contributed by atoms with van der Waals surface area (Å²) in [5, 5.41) is 6.68. The maximum absolute atomic E-state index is 5.56. The van der Waals surface area contributed by atoms with Crippen molar-refractivity contribution in [3.63, 3.8) is 0 Å². The Bertz CT molecular complexity index is 395. The van der Waals surface area contributed by atoms with Gasteiger partial charge in [-0.2, -0.15) is 0 Å². The lowest BCUT2D eigenvalue weighted by molar-refractivity contribution is 0.491. The summed E-state index contributed by atoms with van der Waals surface area (Å²) in [6, 6.07) is 0.529. The summed E-state index contributed by atoms with van der Waals surface area (Å²) in [7, 11) is 2.01. The lowest BCUT2D eigenvalue weighted by Crippen LogP contribution is -2.33. The van der Waals surface area contributed by atoms with Crippen LogP contribution in [-0.2, 0) is 0 Å². The largest absolute Gasteiger partial charge is 0.404 e. The monoisotopic (exact) mass is 291 g/mol. The summed E-state index contributed by atoms with van der Waals surface area (Å²) >= 11 is 0. The van der Waals surface area contributed by atoms with Crippen LogP contribution in [0.3, 0.4) is 0 Å². The molecule has 1 aliphatic carbocycles. The van der Waals surface area contributed by atoms with E-state index < -0.39 is 0 Å². The van der Waals surface area contributed by atoms with Gasteiger partial charge in [-0.25, -0.2) is 4.99 Å². The van der Waals surface area contributed by atoms with Crippen molar-refractivity contribution in [1.82, 2.24) is 15.5 Å². The van der Waals surface area contributed by atoms with Gasteiger partial charge in [-0.15, -0.1) is 0 Å². The first-order valence-corrected chi connectivity index (χ1v) is 8.05. The molecule has 1 aliphatic heterocycles. The Kier molecular flexibility index (Phi) is 6.11. The van der Waals surface area contributed by atoms with Crippen LogP contribution in [0.2, 0.25) is 0 Å². The van der Waals surface area contributed by atoms with E-state index in [9.17, 15) is 0 Å². The average Bonchev–Trinajstić information content (AvgIpc) is 3.16. The molecule has 21 heavy (non-hydrogen) atoms. The van der Waals surface area contributed by atoms with Gasteiger partial charge in [0, 0.05) is 25.7 Å². The zero-order valence-corrected chi connectivity index (χ0v) is 13.1. The highest BCUT2D eigenvalue weighted by Crippen LogP contribution is 2.23. The number of rotatable bonds is 6. The minimum Gasteiger partial charge on any atom is -0.404 e. The molecule has 118 valence electrons. The summed E-state index contributed by atoms with van der Waals surface area (Å²) in [4.78, 5) is 6.88. The third-order valence-corrected chi connectivity index (χ3v) is 4.48. The lowest BCUT2D eigenvalue weighted by Gasteiger charge is -2.19. The number of hydrogen-bond donors (Lipinski definition) is 3. The number of aliphatic imine (C=N–C) groups is 1. The Morgan fingerprint density at radius 3 is 2.76 bits per heavy atom. The average molecular weight is 291 g/mol. The number of likely N-dealkylation sites (N-methyl/N-ethyl adjacent to an activating group) is 1. The maximum Gasteiger partial charge on any atom is 0.132 e. The molecule has 1 atom stereocenters. The molecule has 1 saturated heterocycles. The fourth-order valence-corrected chi connectivity index (χ4v) is 3.16. The van der Waals surface area contributed by atoms with E-state index in [0.717, 1.165) is 43.6 Å². The molecule has 2 rings (SSSR count). The van der Waals surface area contributed by atoms with Crippen molar-refractivity contribution in [2.45, 2.75) is 38.1 Å².